The van der Waals surface area contributed by atoms with Crippen LogP contribution < -0.4 is 9.42 Å². The molecule has 0 aliphatic rings. The van der Waals surface area contributed by atoms with E-state index in [0.29, 0.717) is 12.4 Å². The lowest BCUT2D eigenvalue weighted by molar-refractivity contribution is -0.199. The van der Waals surface area contributed by atoms with Gasteiger partial charge in [0.2, 0.25) is 0 Å². The van der Waals surface area contributed by atoms with Crippen LogP contribution in [0.5, 0.6) is 5.75 Å². The Morgan fingerprint density at radius 2 is 1.93 bits per heavy atom. The van der Waals surface area contributed by atoms with Gasteiger partial charge in [0.05, 0.1) is 6.61 Å². The minimum absolute atomic E-state index is 0.278. The second-order valence-electron chi connectivity index (χ2n) is 3.54. The van der Waals surface area contributed by atoms with Crippen molar-refractivity contribution in [3.05, 3.63) is 30.3 Å². The highest BCUT2D eigenvalue weighted by atomic mass is 32.5. The average molecular weight is 245 g/mol. The molecule has 1 aromatic rings. The molecule has 3 nitrogen and oxygen atoms in total. The van der Waals surface area contributed by atoms with Crippen LogP contribution in [0.25, 0.3) is 0 Å². The van der Waals surface area contributed by atoms with Crippen molar-refractivity contribution < 1.29 is 13.9 Å². The number of hydrogen-bond acceptors (Lipinski definition) is 4. The van der Waals surface area contributed by atoms with Crippen LogP contribution in [0.1, 0.15) is 13.8 Å². The molecule has 0 amide bonds. The Hall–Kier alpha value is -0.410. The predicted molar refractivity (Wildman–Crippen MR) is 62.1 cm³/mol. The molecule has 5 heteroatoms. The molecular formula is C10H14O3PS-. The largest absolute Gasteiger partial charge is 0.770 e. The highest BCUT2D eigenvalue weighted by Crippen LogP contribution is 2.39. The van der Waals surface area contributed by atoms with Gasteiger partial charge in [-0.1, -0.05) is 32.0 Å². The van der Waals surface area contributed by atoms with Crippen LogP contribution in [-0.4, -0.2) is 6.61 Å². The van der Waals surface area contributed by atoms with E-state index < -0.39 is 6.72 Å². The van der Waals surface area contributed by atoms with Gasteiger partial charge in [-0.05, 0) is 29.9 Å². The molecule has 1 unspecified atom stereocenters. The van der Waals surface area contributed by atoms with Gasteiger partial charge >= 0.3 is 0 Å². The molecule has 0 radical (unpaired) electrons. The average Bonchev–Trinajstić information content (AvgIpc) is 2.16. The first-order valence-electron chi connectivity index (χ1n) is 4.70. The van der Waals surface area contributed by atoms with Crippen LogP contribution in [0.15, 0.2) is 30.3 Å². The second kappa shape index (κ2) is 5.61. The minimum Gasteiger partial charge on any atom is -0.770 e. The van der Waals surface area contributed by atoms with E-state index in [2.05, 4.69) is 0 Å². The zero-order valence-corrected chi connectivity index (χ0v) is 10.5. The van der Waals surface area contributed by atoms with Crippen LogP contribution >= 0.6 is 6.72 Å². The van der Waals surface area contributed by atoms with E-state index in [1.165, 1.54) is 0 Å². The maximum Gasteiger partial charge on any atom is 0.169 e. The molecule has 0 N–H and O–H groups in total. The molecule has 0 bridgehead atoms. The molecule has 1 atom stereocenters. The Morgan fingerprint density at radius 3 is 2.47 bits per heavy atom. The maximum absolute atomic E-state index is 11.7. The van der Waals surface area contributed by atoms with Crippen molar-refractivity contribution in [2.45, 2.75) is 13.8 Å². The maximum atomic E-state index is 11.7. The van der Waals surface area contributed by atoms with Crippen molar-refractivity contribution in [2.75, 3.05) is 6.61 Å². The van der Waals surface area contributed by atoms with Gasteiger partial charge in [-0.25, -0.2) is 0 Å². The minimum atomic E-state index is -3.38. The predicted octanol–water partition coefficient (Wildman–Crippen LogP) is 2.32. The highest BCUT2D eigenvalue weighted by molar-refractivity contribution is 8.06. The molecule has 0 aromatic heterocycles. The normalized spacial score (nSPS) is 14.9. The van der Waals surface area contributed by atoms with Gasteiger partial charge in [0, 0.05) is 0 Å². The molecule has 0 aliphatic heterocycles. The topological polar surface area (TPSA) is 41.5 Å². The van der Waals surface area contributed by atoms with Crippen LogP contribution in [0, 0.1) is 5.92 Å². The number of rotatable bonds is 5. The molecule has 0 aliphatic carbocycles. The number of benzene rings is 1. The molecule has 1 rings (SSSR count). The standard InChI is InChI=1S/C10H15O3PS/c1-9(2)8-12-14(11,15)13-10-6-4-3-5-7-10/h3-7,9H,8H2,1-2H3,(H,11,15)/p-1. The summed E-state index contributed by atoms with van der Waals surface area (Å²) in [5.74, 6) is 0.750. The molecule has 0 saturated heterocycles. The van der Waals surface area contributed by atoms with Gasteiger partial charge in [0.25, 0.3) is 0 Å². The summed E-state index contributed by atoms with van der Waals surface area (Å²) in [6, 6.07) is 8.80. The van der Waals surface area contributed by atoms with Gasteiger partial charge in [-0.3, -0.25) is 0 Å². The molecule has 0 fully saturated rings. The molecule has 84 valence electrons. The zero-order chi connectivity index (χ0) is 11.3. The van der Waals surface area contributed by atoms with Crippen molar-refractivity contribution in [3.8, 4) is 5.75 Å². The third kappa shape index (κ3) is 5.28. The first-order chi connectivity index (χ1) is 6.99. The van der Waals surface area contributed by atoms with Crippen LogP contribution in [0.3, 0.4) is 0 Å². The Kier molecular flexibility index (Phi) is 4.74. The fourth-order valence-corrected chi connectivity index (χ4v) is 2.23. The van der Waals surface area contributed by atoms with Crippen LogP contribution in [0.2, 0.25) is 0 Å². The summed E-state index contributed by atoms with van der Waals surface area (Å²) in [6.45, 7) is 0.868. The molecule has 1 aromatic carbocycles. The monoisotopic (exact) mass is 245 g/mol. The Bertz CT molecular complexity index is 340. The zero-order valence-electron chi connectivity index (χ0n) is 8.75. The van der Waals surface area contributed by atoms with E-state index in [4.69, 9.17) is 20.9 Å². The van der Waals surface area contributed by atoms with E-state index in [-0.39, 0.29) is 5.92 Å². The Labute approximate surface area is 95.3 Å². The van der Waals surface area contributed by atoms with Crippen molar-refractivity contribution in [1.82, 2.24) is 0 Å². The summed E-state index contributed by atoms with van der Waals surface area (Å²) >= 11 is 4.75. The summed E-state index contributed by atoms with van der Waals surface area (Å²) < 4.78 is 10.1. The summed E-state index contributed by atoms with van der Waals surface area (Å²) in [4.78, 5) is 11.7. The Morgan fingerprint density at radius 1 is 1.33 bits per heavy atom. The Balaban J connectivity index is 2.53. The van der Waals surface area contributed by atoms with Gasteiger partial charge in [0.15, 0.2) is 6.72 Å². The molecule has 15 heavy (non-hydrogen) atoms. The van der Waals surface area contributed by atoms with Gasteiger partial charge in [-0.2, -0.15) is 0 Å². The van der Waals surface area contributed by atoms with E-state index >= 15 is 0 Å². The van der Waals surface area contributed by atoms with Crippen LogP contribution in [-0.2, 0) is 16.3 Å². The second-order valence-corrected chi connectivity index (χ2v) is 6.22. The lowest BCUT2D eigenvalue weighted by Crippen LogP contribution is -2.13. The first-order valence-corrected chi connectivity index (χ1v) is 7.25. The molecule has 0 heterocycles. The lowest BCUT2D eigenvalue weighted by atomic mass is 10.2. The molecule has 0 saturated carbocycles. The van der Waals surface area contributed by atoms with Crippen LogP contribution in [0.4, 0.5) is 0 Å². The van der Waals surface area contributed by atoms with E-state index in [1.54, 1.807) is 24.3 Å². The molecule has 0 spiro atoms. The van der Waals surface area contributed by atoms with Gasteiger partial charge in [0.1, 0.15) is 5.75 Å². The highest BCUT2D eigenvalue weighted by Gasteiger charge is 2.06. The summed E-state index contributed by atoms with van der Waals surface area (Å²) in [6.07, 6.45) is 0. The van der Waals surface area contributed by atoms with E-state index in [1.807, 2.05) is 19.9 Å². The third-order valence-corrected chi connectivity index (χ3v) is 2.97. The van der Waals surface area contributed by atoms with E-state index in [9.17, 15) is 4.89 Å². The van der Waals surface area contributed by atoms with Crippen molar-refractivity contribution in [3.63, 3.8) is 0 Å². The number of para-hydroxylation sites is 1. The van der Waals surface area contributed by atoms with Crippen molar-refractivity contribution >= 4 is 18.5 Å². The van der Waals surface area contributed by atoms with E-state index in [0.717, 1.165) is 0 Å². The smallest absolute Gasteiger partial charge is 0.169 e. The lowest BCUT2D eigenvalue weighted by Gasteiger charge is -2.28. The van der Waals surface area contributed by atoms with Gasteiger partial charge in [-0.15, -0.1) is 0 Å². The summed E-state index contributed by atoms with van der Waals surface area (Å²) in [7, 11) is 0. The fraction of sp³-hybridized carbons (Fsp3) is 0.400. The SMILES string of the molecule is CC(C)COP([O-])(=S)Oc1ccccc1. The fourth-order valence-electron chi connectivity index (χ4n) is 0.877. The summed E-state index contributed by atoms with van der Waals surface area (Å²) in [5, 5.41) is 0. The third-order valence-electron chi connectivity index (χ3n) is 1.53. The van der Waals surface area contributed by atoms with Crippen molar-refractivity contribution in [2.24, 2.45) is 5.92 Å². The van der Waals surface area contributed by atoms with Gasteiger partial charge < -0.3 is 13.9 Å². The quantitative estimate of drug-likeness (QED) is 0.746. The number of hydrogen-bond donors (Lipinski definition) is 0. The first kappa shape index (κ1) is 12.7. The van der Waals surface area contributed by atoms with Crippen molar-refractivity contribution in [1.29, 1.82) is 0 Å². The molecular weight excluding hydrogens is 231 g/mol. The summed E-state index contributed by atoms with van der Waals surface area (Å²) in [5.41, 5.74) is 0.